The van der Waals surface area contributed by atoms with Crippen molar-refractivity contribution in [1.29, 1.82) is 5.41 Å². The number of halogens is 1. The van der Waals surface area contributed by atoms with Gasteiger partial charge in [-0.15, -0.1) is 0 Å². The molecule has 1 unspecified atom stereocenters. The van der Waals surface area contributed by atoms with E-state index in [4.69, 9.17) is 11.1 Å². The van der Waals surface area contributed by atoms with Crippen LogP contribution in [0.1, 0.15) is 40.3 Å². The maximum Gasteiger partial charge on any atom is 0.0909 e. The maximum atomic E-state index is 13.8. The summed E-state index contributed by atoms with van der Waals surface area (Å²) < 4.78 is 13.8. The Bertz CT molecular complexity index is 2880. The molecule has 9 rings (SSSR count). The van der Waals surface area contributed by atoms with Crippen molar-refractivity contribution < 1.29 is 4.48 Å². The summed E-state index contributed by atoms with van der Waals surface area (Å²) >= 11 is 0. The van der Waals surface area contributed by atoms with E-state index >= 15 is 0 Å². The van der Waals surface area contributed by atoms with Gasteiger partial charge in [0.25, 0.3) is 0 Å². The molecule has 0 bridgehead atoms. The summed E-state index contributed by atoms with van der Waals surface area (Å²) in [5.41, 5.74) is 19.8. The number of hydrogen-bond acceptors (Lipinski definition) is 3. The quantitative estimate of drug-likeness (QED) is 0.0894. The van der Waals surface area contributed by atoms with Gasteiger partial charge in [0.2, 0.25) is 0 Å². The van der Waals surface area contributed by atoms with Gasteiger partial charge in [-0.05, 0) is 113 Å². The van der Waals surface area contributed by atoms with E-state index in [0.717, 1.165) is 16.8 Å². The molecule has 1 atom stereocenters. The third kappa shape index (κ3) is 10.4. The van der Waals surface area contributed by atoms with E-state index < -0.39 is 0 Å². The van der Waals surface area contributed by atoms with Crippen LogP contribution in [0.2, 0.25) is 0 Å². The first-order chi connectivity index (χ1) is 30.7. The van der Waals surface area contributed by atoms with Crippen LogP contribution in [0.4, 0.5) is 10.2 Å². The summed E-state index contributed by atoms with van der Waals surface area (Å²) in [4.78, 5) is 4.35. The zero-order valence-corrected chi connectivity index (χ0v) is 36.2. The molecule has 0 aliphatic heterocycles. The number of aliphatic imine (C=N–C) groups is 1. The van der Waals surface area contributed by atoms with Crippen LogP contribution >= 0.6 is 0 Å². The highest BCUT2D eigenvalue weighted by atomic mass is 19.2. The van der Waals surface area contributed by atoms with Gasteiger partial charge in [0, 0.05) is 28.4 Å². The van der Waals surface area contributed by atoms with Crippen molar-refractivity contribution >= 4 is 35.6 Å². The van der Waals surface area contributed by atoms with Crippen LogP contribution in [-0.2, 0) is 5.41 Å². The van der Waals surface area contributed by atoms with Crippen LogP contribution in [0, 0.1) is 19.3 Å². The number of anilines is 1. The fourth-order valence-electron chi connectivity index (χ4n) is 7.78. The molecule has 9 aromatic rings. The second-order valence-corrected chi connectivity index (χ2v) is 15.2. The Morgan fingerprint density at radius 3 is 1.54 bits per heavy atom. The molecule has 1 aromatic heterocycles. The van der Waals surface area contributed by atoms with Crippen LogP contribution < -0.4 is 5.73 Å². The second-order valence-electron chi connectivity index (χ2n) is 15.2. The predicted molar refractivity (Wildman–Crippen MR) is 268 cm³/mol. The average molecular weight is 825 g/mol. The first-order valence-electron chi connectivity index (χ1n) is 20.7. The van der Waals surface area contributed by atoms with Crippen LogP contribution in [-0.4, -0.2) is 18.2 Å². The molecule has 1 heterocycles. The van der Waals surface area contributed by atoms with E-state index in [1.807, 2.05) is 43.3 Å². The molecule has 0 fully saturated rings. The SMILES string of the molecule is C=N.C=NC(=C)c1ccn(F)c1-c1ccccc1C.CC(c1ccccc1)(c1ccc(-c2ccccc2)cc1)c1ccc(-c2ccc(N)cc2)cc1.Cc1cccc2ccccc12. The molecule has 63 heavy (non-hydrogen) atoms. The predicted octanol–water partition coefficient (Wildman–Crippen LogP) is 15.2. The van der Waals surface area contributed by atoms with Gasteiger partial charge in [-0.1, -0.05) is 199 Å². The molecule has 0 amide bonds. The van der Waals surface area contributed by atoms with E-state index in [1.54, 1.807) is 6.07 Å². The van der Waals surface area contributed by atoms with Crippen molar-refractivity contribution in [3.63, 3.8) is 0 Å². The number of aryl methyl sites for hydroxylation is 2. The third-order valence-electron chi connectivity index (χ3n) is 11.4. The summed E-state index contributed by atoms with van der Waals surface area (Å²) in [6, 6.07) is 71.3. The molecule has 0 radical (unpaired) electrons. The molecular formula is C58H53FN4. The summed E-state index contributed by atoms with van der Waals surface area (Å²) in [7, 11) is 0. The molecule has 312 valence electrons. The first-order valence-corrected chi connectivity index (χ1v) is 20.7. The summed E-state index contributed by atoms with van der Waals surface area (Å²) in [6.45, 7) is 16.1. The Kier molecular flexibility index (Phi) is 14.9. The Morgan fingerprint density at radius 1 is 0.540 bits per heavy atom. The third-order valence-corrected chi connectivity index (χ3v) is 11.4. The average Bonchev–Trinajstić information content (AvgIpc) is 3.74. The molecule has 0 saturated carbocycles. The van der Waals surface area contributed by atoms with E-state index in [2.05, 4.69) is 203 Å². The topological polar surface area (TPSA) is 67.2 Å². The highest BCUT2D eigenvalue weighted by Gasteiger charge is 2.31. The van der Waals surface area contributed by atoms with E-state index in [-0.39, 0.29) is 5.41 Å². The van der Waals surface area contributed by atoms with E-state index in [1.165, 1.54) is 61.5 Å². The number of fused-ring (bicyclic) bond motifs is 1. The Morgan fingerprint density at radius 2 is 0.984 bits per heavy atom. The number of nitrogens with two attached hydrogens (primary N) is 1. The Balaban J connectivity index is 0.000000182. The molecule has 0 saturated heterocycles. The van der Waals surface area contributed by atoms with Crippen LogP contribution in [0.5, 0.6) is 0 Å². The molecule has 5 heteroatoms. The van der Waals surface area contributed by atoms with Crippen molar-refractivity contribution in [2.45, 2.75) is 26.2 Å². The number of nitrogens with one attached hydrogen (secondary N) is 1. The molecule has 8 aromatic carbocycles. The molecule has 4 nitrogen and oxygen atoms in total. The molecule has 3 N–H and O–H groups in total. The second kappa shape index (κ2) is 21.1. The van der Waals surface area contributed by atoms with Gasteiger partial charge < -0.3 is 11.1 Å². The van der Waals surface area contributed by atoms with Crippen molar-refractivity contribution in [1.82, 2.24) is 4.79 Å². The minimum absolute atomic E-state index is 0.268. The summed E-state index contributed by atoms with van der Waals surface area (Å²) in [5, 5.41) is 8.18. The van der Waals surface area contributed by atoms with Gasteiger partial charge in [0.1, 0.15) is 0 Å². The number of benzene rings is 8. The summed E-state index contributed by atoms with van der Waals surface area (Å²) in [6.07, 6.45) is 1.35. The lowest BCUT2D eigenvalue weighted by atomic mass is 9.70. The smallest absolute Gasteiger partial charge is 0.0909 e. The lowest BCUT2D eigenvalue weighted by Gasteiger charge is -2.32. The fourth-order valence-corrected chi connectivity index (χ4v) is 7.78. The highest BCUT2D eigenvalue weighted by molar-refractivity contribution is 5.85. The van der Waals surface area contributed by atoms with Crippen LogP contribution in [0.3, 0.4) is 0 Å². The molecule has 0 aliphatic rings. The van der Waals surface area contributed by atoms with E-state index in [9.17, 15) is 4.48 Å². The minimum Gasteiger partial charge on any atom is -0.399 e. The molecule has 0 spiro atoms. The molecule has 0 aliphatic carbocycles. The molecular weight excluding hydrogens is 772 g/mol. The number of aromatic nitrogens is 1. The number of nitrogen functional groups attached to an aromatic ring is 1. The van der Waals surface area contributed by atoms with Gasteiger partial charge in [-0.3, -0.25) is 4.99 Å². The van der Waals surface area contributed by atoms with Crippen molar-refractivity contribution in [2.24, 2.45) is 4.99 Å². The van der Waals surface area contributed by atoms with Gasteiger partial charge in [0.05, 0.1) is 11.4 Å². The zero-order chi connectivity index (χ0) is 44.8. The van der Waals surface area contributed by atoms with Gasteiger partial charge >= 0.3 is 0 Å². The normalized spacial score (nSPS) is 11.3. The highest BCUT2D eigenvalue weighted by Crippen LogP contribution is 2.40. The standard InChI is InChI=1S/C32H27N.C14H13FN2.C11H10.CH3N/c1-32(28-10-6-3-7-11-28,29-18-12-25(13-19-29)24-8-4-2-5-9-24)30-20-14-26(15-21-30)27-16-22-31(33)23-17-27;1-10-6-4-5-7-12(10)14-13(11(2)16-3)8-9-17(14)15;1-9-5-4-7-10-6-2-3-8-11(9)10;1-2/h2-23H,33H2,1H3;4-9H,2-3H2,1H3;2-8H,1H3;2H,1H2. The largest absolute Gasteiger partial charge is 0.399 e. The number of hydrogen-bond donors (Lipinski definition) is 2. The lowest BCUT2D eigenvalue weighted by Crippen LogP contribution is -2.25. The number of rotatable bonds is 8. The summed E-state index contributed by atoms with van der Waals surface area (Å²) in [5.74, 6) is 0. The minimum atomic E-state index is -0.268. The first kappa shape index (κ1) is 44.7. The zero-order valence-electron chi connectivity index (χ0n) is 36.2. The monoisotopic (exact) mass is 824 g/mol. The Hall–Kier alpha value is -7.89. The van der Waals surface area contributed by atoms with Gasteiger partial charge in [0.15, 0.2) is 0 Å². The van der Waals surface area contributed by atoms with Crippen LogP contribution in [0.15, 0.2) is 224 Å². The van der Waals surface area contributed by atoms with Crippen molar-refractivity contribution in [3.05, 3.63) is 252 Å². The van der Waals surface area contributed by atoms with E-state index in [0.29, 0.717) is 21.7 Å². The van der Waals surface area contributed by atoms with Crippen LogP contribution in [0.25, 0.3) is 50.0 Å². The van der Waals surface area contributed by atoms with Crippen molar-refractivity contribution in [3.8, 4) is 33.5 Å². The fraction of sp³-hybridized carbons (Fsp3) is 0.0690. The van der Waals surface area contributed by atoms with Crippen molar-refractivity contribution in [2.75, 3.05) is 5.73 Å². The Labute approximate surface area is 371 Å². The lowest BCUT2D eigenvalue weighted by molar-refractivity contribution is 0.377. The maximum absolute atomic E-state index is 13.8. The number of nitrogens with zero attached hydrogens (tertiary/aromatic N) is 2. The van der Waals surface area contributed by atoms with Gasteiger partial charge in [-0.2, -0.15) is 4.79 Å². The van der Waals surface area contributed by atoms with Gasteiger partial charge in [-0.25, -0.2) is 0 Å².